The highest BCUT2D eigenvalue weighted by atomic mass is 16.6. The quantitative estimate of drug-likeness (QED) is 0.0261. The first-order valence-electron chi connectivity index (χ1n) is 33.1. The van der Waals surface area contributed by atoms with E-state index < -0.39 is 6.10 Å². The maximum absolute atomic E-state index is 12.8. The van der Waals surface area contributed by atoms with E-state index in [0.717, 1.165) is 89.9 Å². The third-order valence-electron chi connectivity index (χ3n) is 14.4. The molecule has 0 saturated carbocycles. The Morgan fingerprint density at radius 3 is 0.779 bits per heavy atom. The molecule has 0 fully saturated rings. The second kappa shape index (κ2) is 65.1. The summed E-state index contributed by atoms with van der Waals surface area (Å²) in [6.45, 7) is 6.49. The molecule has 6 heteroatoms. The number of carbonyl (C=O) groups excluding carboxylic acids is 3. The first kappa shape index (κ1) is 73.6. The van der Waals surface area contributed by atoms with Crippen molar-refractivity contribution in [1.29, 1.82) is 0 Å². The van der Waals surface area contributed by atoms with E-state index in [1.54, 1.807) is 0 Å². The van der Waals surface area contributed by atoms with E-state index in [9.17, 15) is 14.4 Å². The Balaban J connectivity index is 4.19. The van der Waals surface area contributed by atoms with Gasteiger partial charge in [0.2, 0.25) is 0 Å². The fourth-order valence-corrected chi connectivity index (χ4v) is 9.49. The minimum absolute atomic E-state index is 0.0962. The van der Waals surface area contributed by atoms with Crippen LogP contribution < -0.4 is 0 Å². The summed E-state index contributed by atoms with van der Waals surface area (Å²) in [5, 5.41) is 0. The lowest BCUT2D eigenvalue weighted by atomic mass is 10.0. The molecule has 0 radical (unpaired) electrons. The third-order valence-corrected chi connectivity index (χ3v) is 14.4. The lowest BCUT2D eigenvalue weighted by Crippen LogP contribution is -2.30. The molecule has 444 valence electrons. The van der Waals surface area contributed by atoms with E-state index in [1.165, 1.54) is 193 Å². The van der Waals surface area contributed by atoms with Crippen LogP contribution in [0.25, 0.3) is 0 Å². The van der Waals surface area contributed by atoms with Gasteiger partial charge in [0.15, 0.2) is 6.10 Å². The average molecular weight is 1070 g/mol. The van der Waals surface area contributed by atoms with Crippen LogP contribution in [0, 0.1) is 0 Å². The summed E-state index contributed by atoms with van der Waals surface area (Å²) < 4.78 is 16.8. The van der Waals surface area contributed by atoms with Crippen LogP contribution in [0.4, 0.5) is 0 Å². The Labute approximate surface area is 477 Å². The van der Waals surface area contributed by atoms with Crippen molar-refractivity contribution >= 4 is 17.9 Å². The molecule has 0 saturated heterocycles. The van der Waals surface area contributed by atoms with Crippen LogP contribution in [0.15, 0.2) is 85.1 Å². The molecule has 0 heterocycles. The summed E-state index contributed by atoms with van der Waals surface area (Å²) in [6, 6.07) is 0. The van der Waals surface area contributed by atoms with E-state index in [-0.39, 0.29) is 37.5 Å². The van der Waals surface area contributed by atoms with Crippen molar-refractivity contribution in [3.05, 3.63) is 85.1 Å². The maximum Gasteiger partial charge on any atom is 0.306 e. The van der Waals surface area contributed by atoms with Gasteiger partial charge in [-0.25, -0.2) is 0 Å². The van der Waals surface area contributed by atoms with Crippen LogP contribution in [0.5, 0.6) is 0 Å². The molecule has 0 aliphatic rings. The molecule has 0 aromatic rings. The van der Waals surface area contributed by atoms with Crippen molar-refractivity contribution in [1.82, 2.24) is 0 Å². The van der Waals surface area contributed by atoms with Gasteiger partial charge in [-0.3, -0.25) is 14.4 Å². The van der Waals surface area contributed by atoms with E-state index >= 15 is 0 Å². The zero-order chi connectivity index (χ0) is 55.7. The number of hydrogen-bond donors (Lipinski definition) is 0. The molecule has 0 amide bonds. The van der Waals surface area contributed by atoms with Crippen molar-refractivity contribution < 1.29 is 28.6 Å². The molecular formula is C71H124O6. The molecule has 77 heavy (non-hydrogen) atoms. The van der Waals surface area contributed by atoms with Gasteiger partial charge >= 0.3 is 17.9 Å². The van der Waals surface area contributed by atoms with Gasteiger partial charge in [0, 0.05) is 19.3 Å². The second-order valence-corrected chi connectivity index (χ2v) is 22.0. The Bertz CT molecular complexity index is 1470. The highest BCUT2D eigenvalue weighted by Gasteiger charge is 2.19. The zero-order valence-electron chi connectivity index (χ0n) is 51.0. The molecule has 0 aromatic heterocycles. The van der Waals surface area contributed by atoms with Crippen LogP contribution in [0.2, 0.25) is 0 Å². The van der Waals surface area contributed by atoms with Crippen molar-refractivity contribution in [3.63, 3.8) is 0 Å². The molecule has 0 aromatic carbocycles. The Morgan fingerprint density at radius 1 is 0.273 bits per heavy atom. The molecular weight excluding hydrogens is 949 g/mol. The number of unbranched alkanes of at least 4 members (excludes halogenated alkanes) is 35. The molecule has 0 bridgehead atoms. The maximum atomic E-state index is 12.8. The first-order valence-corrected chi connectivity index (χ1v) is 33.1. The number of hydrogen-bond acceptors (Lipinski definition) is 6. The van der Waals surface area contributed by atoms with Crippen LogP contribution in [-0.2, 0) is 28.6 Å². The molecule has 0 aliphatic heterocycles. The third kappa shape index (κ3) is 63.3. The number of carbonyl (C=O) groups is 3. The van der Waals surface area contributed by atoms with Gasteiger partial charge in [0.25, 0.3) is 0 Å². The summed E-state index contributed by atoms with van der Waals surface area (Å²) in [7, 11) is 0. The van der Waals surface area contributed by atoms with E-state index in [4.69, 9.17) is 14.2 Å². The largest absolute Gasteiger partial charge is 0.462 e. The SMILES string of the molecule is CC/C=C\C/C=C\C/C=C\C/C=C\C/C=C\C/C=C\C/C=C\CCCC(=O)OC(COC(=O)CCCCCCCCCC)COC(=O)CCCCCCCCCCCCCCCCCCCCCCCCCCCCCC. The molecule has 6 nitrogen and oxygen atoms in total. The first-order chi connectivity index (χ1) is 38.0. The fraction of sp³-hybridized carbons (Fsp3) is 0.761. The fourth-order valence-electron chi connectivity index (χ4n) is 9.49. The van der Waals surface area contributed by atoms with Gasteiger partial charge in [0.05, 0.1) is 0 Å². The van der Waals surface area contributed by atoms with Crippen molar-refractivity contribution in [3.8, 4) is 0 Å². The minimum Gasteiger partial charge on any atom is -0.462 e. The van der Waals surface area contributed by atoms with Gasteiger partial charge in [-0.1, -0.05) is 324 Å². The summed E-state index contributed by atoms with van der Waals surface area (Å²) in [6.07, 6.45) is 86.4. The lowest BCUT2D eigenvalue weighted by Gasteiger charge is -2.18. The normalized spacial score (nSPS) is 12.6. The predicted octanol–water partition coefficient (Wildman–Crippen LogP) is 22.7. The van der Waals surface area contributed by atoms with Crippen molar-refractivity contribution in [2.24, 2.45) is 0 Å². The van der Waals surface area contributed by atoms with Gasteiger partial charge in [0.1, 0.15) is 13.2 Å². The summed E-state index contributed by atoms with van der Waals surface area (Å²) in [5.74, 6) is -0.948. The predicted molar refractivity (Wildman–Crippen MR) is 334 cm³/mol. The number of allylic oxidation sites excluding steroid dienone is 14. The molecule has 0 N–H and O–H groups in total. The van der Waals surface area contributed by atoms with Crippen LogP contribution in [0.1, 0.15) is 329 Å². The molecule has 1 atom stereocenters. The Morgan fingerprint density at radius 2 is 0.506 bits per heavy atom. The summed E-state index contributed by atoms with van der Waals surface area (Å²) in [4.78, 5) is 38.1. The summed E-state index contributed by atoms with van der Waals surface area (Å²) in [5.41, 5.74) is 0. The smallest absolute Gasteiger partial charge is 0.306 e. The lowest BCUT2D eigenvalue weighted by molar-refractivity contribution is -0.167. The monoisotopic (exact) mass is 1070 g/mol. The van der Waals surface area contributed by atoms with Crippen LogP contribution >= 0.6 is 0 Å². The van der Waals surface area contributed by atoms with Crippen molar-refractivity contribution in [2.45, 2.75) is 335 Å². The van der Waals surface area contributed by atoms with E-state index in [0.29, 0.717) is 19.3 Å². The highest BCUT2D eigenvalue weighted by Crippen LogP contribution is 2.18. The zero-order valence-corrected chi connectivity index (χ0v) is 51.0. The van der Waals surface area contributed by atoms with Gasteiger partial charge < -0.3 is 14.2 Å². The Kier molecular flexibility index (Phi) is 62.2. The van der Waals surface area contributed by atoms with Crippen LogP contribution in [0.3, 0.4) is 0 Å². The van der Waals surface area contributed by atoms with Gasteiger partial charge in [-0.15, -0.1) is 0 Å². The minimum atomic E-state index is -0.804. The average Bonchev–Trinajstić information content (AvgIpc) is 3.43. The molecule has 0 spiro atoms. The van der Waals surface area contributed by atoms with E-state index in [1.807, 2.05) is 0 Å². The number of rotatable bonds is 60. The highest BCUT2D eigenvalue weighted by molar-refractivity contribution is 5.71. The van der Waals surface area contributed by atoms with E-state index in [2.05, 4.69) is 106 Å². The molecule has 1 unspecified atom stereocenters. The standard InChI is InChI=1S/C71H124O6/c1-4-7-10-13-16-19-21-23-25-27-29-31-33-34-35-36-37-39-40-42-44-46-48-50-52-55-58-61-64-70(73)76-67-68(66-75-69(72)63-60-57-54-18-15-12-9-6-3)77-71(74)65-62-59-56-53-51-49-47-45-43-41-38-32-30-28-26-24-22-20-17-14-11-8-5-2/h8,11,17,20,24,26,30,32,41,43,47,49,53,56,68H,4-7,9-10,12-16,18-19,21-23,25,27-29,31,33-40,42,44-46,48,50-52,54-55,57-67H2,1-3H3/b11-8-,20-17-,26-24-,32-30-,43-41-,49-47-,56-53-. The molecule has 0 rings (SSSR count). The van der Waals surface area contributed by atoms with Crippen molar-refractivity contribution in [2.75, 3.05) is 13.2 Å². The van der Waals surface area contributed by atoms with Gasteiger partial charge in [-0.2, -0.15) is 0 Å². The topological polar surface area (TPSA) is 78.9 Å². The summed E-state index contributed by atoms with van der Waals surface area (Å²) >= 11 is 0. The van der Waals surface area contributed by atoms with Crippen LogP contribution in [-0.4, -0.2) is 37.2 Å². The Hall–Kier alpha value is -3.41. The second-order valence-electron chi connectivity index (χ2n) is 22.0. The molecule has 0 aliphatic carbocycles. The van der Waals surface area contributed by atoms with Gasteiger partial charge in [-0.05, 0) is 70.6 Å². The number of esters is 3. The number of ether oxygens (including phenoxy) is 3.